The van der Waals surface area contributed by atoms with E-state index in [-0.39, 0.29) is 36.7 Å². The van der Waals surface area contributed by atoms with Crippen molar-refractivity contribution in [2.45, 2.75) is 31.0 Å². The normalized spacial score (nSPS) is 20.5. The Morgan fingerprint density at radius 2 is 2.03 bits per heavy atom. The molecule has 0 bridgehead atoms. The topological polar surface area (TPSA) is 88.6 Å². The minimum atomic E-state index is -0.809. The third-order valence-corrected chi connectivity index (χ3v) is 7.02. The van der Waals surface area contributed by atoms with E-state index in [1.807, 2.05) is 47.8 Å². The first-order valence-electron chi connectivity index (χ1n) is 10.9. The Labute approximate surface area is 195 Å². The van der Waals surface area contributed by atoms with Crippen LogP contribution in [0.1, 0.15) is 21.7 Å². The van der Waals surface area contributed by atoms with Crippen LogP contribution in [0.2, 0.25) is 0 Å². The van der Waals surface area contributed by atoms with E-state index in [0.717, 1.165) is 16.7 Å². The molecule has 3 unspecified atom stereocenters. The van der Waals surface area contributed by atoms with E-state index in [4.69, 9.17) is 4.74 Å². The molecule has 5 rings (SSSR count). The lowest BCUT2D eigenvalue weighted by Gasteiger charge is -2.27. The van der Waals surface area contributed by atoms with Crippen LogP contribution >= 0.6 is 11.3 Å². The van der Waals surface area contributed by atoms with Crippen molar-refractivity contribution < 1.29 is 19.1 Å². The summed E-state index contributed by atoms with van der Waals surface area (Å²) in [5.74, 6) is -0.657. The number of hydrogen-bond acceptors (Lipinski definition) is 6. The predicted molar refractivity (Wildman–Crippen MR) is 124 cm³/mol. The molecule has 0 aliphatic carbocycles. The van der Waals surface area contributed by atoms with Gasteiger partial charge in [-0.05, 0) is 40.6 Å². The number of nitrogens with one attached hydrogen (secondary N) is 1. The molecule has 2 aliphatic heterocycles. The van der Waals surface area contributed by atoms with Gasteiger partial charge in [0, 0.05) is 25.4 Å². The van der Waals surface area contributed by atoms with E-state index < -0.39 is 12.1 Å². The van der Waals surface area contributed by atoms with Gasteiger partial charge in [-0.3, -0.25) is 19.4 Å². The fraction of sp³-hybridized carbons (Fsp3) is 0.280. The van der Waals surface area contributed by atoms with Crippen molar-refractivity contribution >= 4 is 28.9 Å². The highest BCUT2D eigenvalue weighted by atomic mass is 32.1. The molecule has 4 heterocycles. The van der Waals surface area contributed by atoms with E-state index in [2.05, 4.69) is 10.3 Å². The second kappa shape index (κ2) is 9.25. The zero-order valence-corrected chi connectivity index (χ0v) is 18.7. The summed E-state index contributed by atoms with van der Waals surface area (Å²) in [6.45, 7) is 0.479. The lowest BCUT2D eigenvalue weighted by molar-refractivity contribution is -0.138. The summed E-state index contributed by atoms with van der Waals surface area (Å²) in [4.78, 5) is 45.2. The molecule has 0 radical (unpaired) electrons. The lowest BCUT2D eigenvalue weighted by Crippen LogP contribution is -2.53. The Morgan fingerprint density at radius 1 is 1.18 bits per heavy atom. The zero-order valence-electron chi connectivity index (χ0n) is 17.8. The Kier molecular flexibility index (Phi) is 6.02. The zero-order chi connectivity index (χ0) is 22.8. The minimum absolute atomic E-state index is 0.0379. The second-order valence-electron chi connectivity index (χ2n) is 8.24. The van der Waals surface area contributed by atoms with Crippen LogP contribution in [-0.2, 0) is 20.7 Å². The highest BCUT2D eigenvalue weighted by Gasteiger charge is 2.48. The number of Topliss-reactive ketones (excluding diaryl/α,β-unsaturated/α-hetero) is 1. The molecule has 0 spiro atoms. The molecule has 3 aromatic rings. The van der Waals surface area contributed by atoms with E-state index in [1.165, 1.54) is 11.3 Å². The molecule has 7 nitrogen and oxygen atoms in total. The predicted octanol–water partition coefficient (Wildman–Crippen LogP) is 2.72. The Balaban J connectivity index is 1.37. The van der Waals surface area contributed by atoms with Crippen molar-refractivity contribution in [3.63, 3.8) is 0 Å². The van der Waals surface area contributed by atoms with Gasteiger partial charge < -0.3 is 15.0 Å². The number of carbonyl (C=O) groups is 3. The quantitative estimate of drug-likeness (QED) is 0.610. The summed E-state index contributed by atoms with van der Waals surface area (Å²) in [7, 11) is 0. The van der Waals surface area contributed by atoms with Crippen LogP contribution in [-0.4, -0.2) is 58.8 Å². The van der Waals surface area contributed by atoms with E-state index >= 15 is 0 Å². The van der Waals surface area contributed by atoms with Gasteiger partial charge in [0.15, 0.2) is 5.78 Å². The van der Waals surface area contributed by atoms with Gasteiger partial charge in [0.1, 0.15) is 18.7 Å². The number of amides is 2. The number of ketones is 1. The van der Waals surface area contributed by atoms with Gasteiger partial charge in [0.25, 0.3) is 5.91 Å². The van der Waals surface area contributed by atoms with Gasteiger partial charge in [-0.1, -0.05) is 36.4 Å². The Bertz CT molecular complexity index is 1160. The van der Waals surface area contributed by atoms with Gasteiger partial charge >= 0.3 is 0 Å². The van der Waals surface area contributed by atoms with Gasteiger partial charge in [0.05, 0.1) is 11.0 Å². The van der Waals surface area contributed by atoms with Crippen LogP contribution in [0.25, 0.3) is 11.1 Å². The van der Waals surface area contributed by atoms with Crippen LogP contribution in [0.15, 0.2) is 66.3 Å². The van der Waals surface area contributed by atoms with Crippen molar-refractivity contribution in [1.29, 1.82) is 0 Å². The van der Waals surface area contributed by atoms with E-state index in [0.29, 0.717) is 17.8 Å². The summed E-state index contributed by atoms with van der Waals surface area (Å²) in [6, 6.07) is 14.0. The highest BCUT2D eigenvalue weighted by Crippen LogP contribution is 2.28. The number of fused-ring (bicyclic) bond motifs is 1. The van der Waals surface area contributed by atoms with E-state index in [9.17, 15) is 14.4 Å². The van der Waals surface area contributed by atoms with Crippen molar-refractivity contribution in [2.24, 2.45) is 0 Å². The maximum atomic E-state index is 13.5. The molecule has 2 amide bonds. The van der Waals surface area contributed by atoms with Gasteiger partial charge in [-0.15, -0.1) is 11.3 Å². The monoisotopic (exact) mass is 461 g/mol. The number of pyridine rings is 1. The summed E-state index contributed by atoms with van der Waals surface area (Å²) in [5, 5.41) is 4.85. The molecule has 1 aromatic carbocycles. The number of likely N-dealkylation sites (tertiary alicyclic amines) is 1. The summed E-state index contributed by atoms with van der Waals surface area (Å²) < 4.78 is 5.52. The van der Waals surface area contributed by atoms with Crippen LogP contribution in [0, 0.1) is 0 Å². The average Bonchev–Trinajstić information content (AvgIpc) is 3.58. The number of nitrogens with zero attached hydrogens (tertiary/aromatic N) is 2. The minimum Gasteiger partial charge on any atom is -0.368 e. The van der Waals surface area contributed by atoms with Crippen molar-refractivity contribution in [3.8, 4) is 11.1 Å². The molecule has 1 N–H and O–H groups in total. The van der Waals surface area contributed by atoms with Crippen molar-refractivity contribution in [2.75, 3.05) is 13.2 Å². The van der Waals surface area contributed by atoms with E-state index in [1.54, 1.807) is 23.4 Å². The molecular formula is C25H23N3O4S. The maximum absolute atomic E-state index is 13.5. The lowest BCUT2D eigenvalue weighted by atomic mass is 10.0. The van der Waals surface area contributed by atoms with Crippen molar-refractivity contribution in [1.82, 2.24) is 15.2 Å². The molecule has 2 fully saturated rings. The first kappa shape index (κ1) is 21.5. The Hall–Kier alpha value is -3.36. The third kappa shape index (κ3) is 4.44. The highest BCUT2D eigenvalue weighted by molar-refractivity contribution is 7.12. The fourth-order valence-corrected chi connectivity index (χ4v) is 5.28. The Morgan fingerprint density at radius 3 is 2.82 bits per heavy atom. The molecule has 2 saturated heterocycles. The molecule has 0 saturated carbocycles. The number of ether oxygens (including phenoxy) is 1. The van der Waals surface area contributed by atoms with Gasteiger partial charge in [-0.2, -0.15) is 0 Å². The molecule has 2 aliphatic rings. The maximum Gasteiger partial charge on any atom is 0.262 e. The molecular weight excluding hydrogens is 438 g/mol. The largest absolute Gasteiger partial charge is 0.368 e. The number of aromatic nitrogens is 1. The fourth-order valence-electron chi connectivity index (χ4n) is 4.46. The molecule has 8 heteroatoms. The number of benzene rings is 1. The number of thiophene rings is 1. The summed E-state index contributed by atoms with van der Waals surface area (Å²) in [5.41, 5.74) is 2.81. The average molecular weight is 462 g/mol. The van der Waals surface area contributed by atoms with Crippen LogP contribution in [0.3, 0.4) is 0 Å². The molecule has 2 aromatic heterocycles. The van der Waals surface area contributed by atoms with Crippen LogP contribution in [0.5, 0.6) is 0 Å². The standard InChI is InChI=1S/C25H23N3O4S/c29-20-14-32-21-8-10-28(23(20)21)25(31)19(11-16-5-4-9-26-13-16)27-24(30)22-12-18(15-33-22)17-6-2-1-3-7-17/h1-7,9,12-13,15,19,21,23H,8,10-11,14H2,(H,27,30). The van der Waals surface area contributed by atoms with Gasteiger partial charge in [0.2, 0.25) is 5.91 Å². The molecule has 168 valence electrons. The summed E-state index contributed by atoms with van der Waals surface area (Å²) >= 11 is 1.34. The number of carbonyl (C=O) groups excluding carboxylic acids is 3. The molecule has 33 heavy (non-hydrogen) atoms. The van der Waals surface area contributed by atoms with Crippen LogP contribution < -0.4 is 5.32 Å². The number of rotatable bonds is 6. The third-order valence-electron chi connectivity index (χ3n) is 6.09. The summed E-state index contributed by atoms with van der Waals surface area (Å²) in [6.07, 6.45) is 4.01. The van der Waals surface area contributed by atoms with Crippen LogP contribution in [0.4, 0.5) is 0 Å². The van der Waals surface area contributed by atoms with Gasteiger partial charge in [-0.25, -0.2) is 0 Å². The number of hydrogen-bond donors (Lipinski definition) is 1. The smallest absolute Gasteiger partial charge is 0.262 e. The first-order chi connectivity index (χ1) is 16.1. The molecule has 3 atom stereocenters. The SMILES string of the molecule is O=C(NC(Cc1cccnc1)C(=O)N1CCC2OCC(=O)C21)c1cc(-c2ccccc2)cs1. The second-order valence-corrected chi connectivity index (χ2v) is 9.15. The first-order valence-corrected chi connectivity index (χ1v) is 11.8. The van der Waals surface area contributed by atoms with Crippen molar-refractivity contribution in [3.05, 3.63) is 76.7 Å².